The molecule has 110 valence electrons. The number of aliphatic carboxylic acids is 2. The average Bonchev–Trinajstić information content (AvgIpc) is 2.47. The molecule has 2 unspecified atom stereocenters. The van der Waals surface area contributed by atoms with Crippen LogP contribution in [0.3, 0.4) is 0 Å². The Morgan fingerprint density at radius 1 is 1.24 bits per heavy atom. The van der Waals surface area contributed by atoms with Gasteiger partial charge in [-0.15, -0.1) is 0 Å². The lowest BCUT2D eigenvalue weighted by molar-refractivity contribution is -0.143. The molecule has 2 atom stereocenters. The summed E-state index contributed by atoms with van der Waals surface area (Å²) >= 11 is 0. The summed E-state index contributed by atoms with van der Waals surface area (Å²) in [6.07, 6.45) is 4.44. The van der Waals surface area contributed by atoms with Gasteiger partial charge in [-0.3, -0.25) is 10.6 Å². The molecule has 1 aromatic carbocycles. The van der Waals surface area contributed by atoms with Gasteiger partial charge in [0.15, 0.2) is 0 Å². The number of rotatable bonds is 4. The van der Waals surface area contributed by atoms with Crippen LogP contribution in [-0.2, 0) is 15.0 Å². The van der Waals surface area contributed by atoms with Crippen molar-refractivity contribution in [1.82, 2.24) is 0 Å². The summed E-state index contributed by atoms with van der Waals surface area (Å²) < 4.78 is 0. The second-order valence-corrected chi connectivity index (χ2v) is 4.90. The van der Waals surface area contributed by atoms with Crippen LogP contribution in [0.1, 0.15) is 12.5 Å². The molecule has 1 aliphatic rings. The molecule has 1 aromatic rings. The van der Waals surface area contributed by atoms with Gasteiger partial charge in [-0.1, -0.05) is 37.3 Å². The Balaban J connectivity index is 2.56. The van der Waals surface area contributed by atoms with Crippen LogP contribution in [0.25, 0.3) is 0 Å². The normalized spacial score (nSPS) is 24.3. The standard InChI is InChI=1S/C15H16N2O4/c1-9-12(13(18)19)3-2-8-15(9,14(20)21)10-4-6-11(17-16)7-5-10/h2-9,17H,16H2,1H3,(H,18,19)(H,20,21). The van der Waals surface area contributed by atoms with Gasteiger partial charge in [0.25, 0.3) is 0 Å². The highest BCUT2D eigenvalue weighted by atomic mass is 16.4. The Kier molecular flexibility index (Phi) is 3.82. The van der Waals surface area contributed by atoms with Gasteiger partial charge in [-0.05, 0) is 17.7 Å². The SMILES string of the molecule is CC1C(C(=O)O)=CC=CC1(C(=O)O)c1ccc(NN)cc1. The number of carbonyl (C=O) groups is 2. The molecule has 0 aromatic heterocycles. The number of carboxylic acid groups (broad SMARTS) is 2. The van der Waals surface area contributed by atoms with E-state index in [1.807, 2.05) is 0 Å². The molecule has 2 rings (SSSR count). The minimum Gasteiger partial charge on any atom is -0.480 e. The molecule has 1 aliphatic carbocycles. The molecule has 0 aliphatic heterocycles. The highest BCUT2D eigenvalue weighted by Crippen LogP contribution is 2.41. The molecular formula is C15H16N2O4. The van der Waals surface area contributed by atoms with Crippen LogP contribution in [0.2, 0.25) is 0 Å². The Morgan fingerprint density at radius 3 is 2.33 bits per heavy atom. The van der Waals surface area contributed by atoms with Crippen molar-refractivity contribution >= 4 is 17.6 Å². The van der Waals surface area contributed by atoms with Crippen LogP contribution < -0.4 is 11.3 Å². The molecule has 0 spiro atoms. The summed E-state index contributed by atoms with van der Waals surface area (Å²) in [5, 5.41) is 19.0. The Bertz CT molecular complexity index is 634. The zero-order chi connectivity index (χ0) is 15.6. The number of nitrogens with one attached hydrogen (secondary N) is 1. The van der Waals surface area contributed by atoms with Crippen molar-refractivity contribution in [2.45, 2.75) is 12.3 Å². The molecule has 5 N–H and O–H groups in total. The molecule has 6 nitrogen and oxygen atoms in total. The number of anilines is 1. The summed E-state index contributed by atoms with van der Waals surface area (Å²) in [5.41, 5.74) is 2.27. The predicted molar refractivity (Wildman–Crippen MR) is 77.6 cm³/mol. The van der Waals surface area contributed by atoms with Gasteiger partial charge in [0, 0.05) is 17.2 Å². The fraction of sp³-hybridized carbons (Fsp3) is 0.200. The third-order valence-electron chi connectivity index (χ3n) is 3.91. The number of nitrogen functional groups attached to an aromatic ring is 1. The topological polar surface area (TPSA) is 113 Å². The van der Waals surface area contributed by atoms with Crippen molar-refractivity contribution in [1.29, 1.82) is 0 Å². The smallest absolute Gasteiger partial charge is 0.331 e. The number of nitrogens with two attached hydrogens (primary N) is 1. The minimum atomic E-state index is -1.41. The number of hydrogen-bond donors (Lipinski definition) is 4. The van der Waals surface area contributed by atoms with Gasteiger partial charge in [-0.25, -0.2) is 4.79 Å². The van der Waals surface area contributed by atoms with Gasteiger partial charge in [0.1, 0.15) is 5.41 Å². The number of benzene rings is 1. The van der Waals surface area contributed by atoms with E-state index in [0.717, 1.165) is 0 Å². The van der Waals surface area contributed by atoms with Crippen molar-refractivity contribution in [2.75, 3.05) is 5.43 Å². The van der Waals surface area contributed by atoms with Crippen molar-refractivity contribution in [2.24, 2.45) is 11.8 Å². The van der Waals surface area contributed by atoms with E-state index in [0.29, 0.717) is 11.3 Å². The molecular weight excluding hydrogens is 272 g/mol. The number of carboxylic acids is 2. The van der Waals surface area contributed by atoms with E-state index >= 15 is 0 Å². The third-order valence-corrected chi connectivity index (χ3v) is 3.91. The molecule has 0 heterocycles. The third kappa shape index (κ3) is 2.30. The fourth-order valence-electron chi connectivity index (χ4n) is 2.66. The lowest BCUT2D eigenvalue weighted by Crippen LogP contribution is -2.43. The first-order valence-corrected chi connectivity index (χ1v) is 6.36. The second-order valence-electron chi connectivity index (χ2n) is 4.90. The van der Waals surface area contributed by atoms with Crippen molar-refractivity contribution in [3.8, 4) is 0 Å². The summed E-state index contributed by atoms with van der Waals surface area (Å²) in [7, 11) is 0. The monoisotopic (exact) mass is 288 g/mol. The average molecular weight is 288 g/mol. The fourth-order valence-corrected chi connectivity index (χ4v) is 2.66. The van der Waals surface area contributed by atoms with E-state index in [-0.39, 0.29) is 5.57 Å². The lowest BCUT2D eigenvalue weighted by atomic mass is 9.66. The first-order valence-electron chi connectivity index (χ1n) is 6.36. The highest BCUT2D eigenvalue weighted by Gasteiger charge is 2.47. The zero-order valence-corrected chi connectivity index (χ0v) is 11.4. The van der Waals surface area contributed by atoms with E-state index in [1.54, 1.807) is 31.2 Å². The summed E-state index contributed by atoms with van der Waals surface area (Å²) in [5.74, 6) is 2.39. The molecule has 0 bridgehead atoms. The van der Waals surface area contributed by atoms with Gasteiger partial charge >= 0.3 is 11.9 Å². The number of allylic oxidation sites excluding steroid dienone is 2. The Hall–Kier alpha value is -2.60. The predicted octanol–water partition coefficient (Wildman–Crippen LogP) is 1.51. The van der Waals surface area contributed by atoms with Crippen LogP contribution in [0.4, 0.5) is 5.69 Å². The zero-order valence-electron chi connectivity index (χ0n) is 11.4. The van der Waals surface area contributed by atoms with E-state index < -0.39 is 23.3 Å². The van der Waals surface area contributed by atoms with E-state index in [4.69, 9.17) is 5.84 Å². The minimum absolute atomic E-state index is 0.0703. The molecule has 0 saturated carbocycles. The molecule has 0 radical (unpaired) electrons. The first kappa shape index (κ1) is 14.8. The van der Waals surface area contributed by atoms with Crippen LogP contribution in [0.5, 0.6) is 0 Å². The van der Waals surface area contributed by atoms with Gasteiger partial charge in [-0.2, -0.15) is 0 Å². The highest BCUT2D eigenvalue weighted by molar-refractivity contribution is 5.93. The van der Waals surface area contributed by atoms with Crippen LogP contribution >= 0.6 is 0 Å². The molecule has 0 saturated heterocycles. The summed E-state index contributed by atoms with van der Waals surface area (Å²) in [4.78, 5) is 23.2. The maximum atomic E-state index is 11.9. The van der Waals surface area contributed by atoms with Gasteiger partial charge in [0.05, 0.1) is 0 Å². The molecule has 0 fully saturated rings. The summed E-state index contributed by atoms with van der Waals surface area (Å²) in [6.45, 7) is 1.60. The van der Waals surface area contributed by atoms with Crippen LogP contribution in [0.15, 0.2) is 48.1 Å². The van der Waals surface area contributed by atoms with Crippen LogP contribution in [0, 0.1) is 5.92 Å². The van der Waals surface area contributed by atoms with Crippen molar-refractivity contribution in [3.05, 3.63) is 53.6 Å². The number of hydrazine groups is 1. The van der Waals surface area contributed by atoms with Crippen molar-refractivity contribution in [3.63, 3.8) is 0 Å². The molecule has 21 heavy (non-hydrogen) atoms. The molecule has 6 heteroatoms. The Morgan fingerprint density at radius 2 is 1.86 bits per heavy atom. The number of hydrogen-bond acceptors (Lipinski definition) is 4. The first-order chi connectivity index (χ1) is 9.93. The van der Waals surface area contributed by atoms with Crippen molar-refractivity contribution < 1.29 is 19.8 Å². The quantitative estimate of drug-likeness (QED) is 0.493. The largest absolute Gasteiger partial charge is 0.480 e. The van der Waals surface area contributed by atoms with E-state index in [2.05, 4.69) is 5.43 Å². The summed E-state index contributed by atoms with van der Waals surface area (Å²) in [6, 6.07) is 6.57. The van der Waals surface area contributed by atoms with Crippen LogP contribution in [-0.4, -0.2) is 22.2 Å². The van der Waals surface area contributed by atoms with E-state index in [1.165, 1.54) is 18.2 Å². The maximum absolute atomic E-state index is 11.9. The van der Waals surface area contributed by atoms with Gasteiger partial charge < -0.3 is 15.6 Å². The van der Waals surface area contributed by atoms with E-state index in [9.17, 15) is 19.8 Å². The van der Waals surface area contributed by atoms with Gasteiger partial charge in [0.2, 0.25) is 0 Å². The lowest BCUT2D eigenvalue weighted by Gasteiger charge is -2.35. The Labute approximate surface area is 121 Å². The molecule has 0 amide bonds. The maximum Gasteiger partial charge on any atom is 0.331 e. The second kappa shape index (κ2) is 5.41.